The topological polar surface area (TPSA) is 161 Å². The number of methoxy groups -OCH3 is 1. The van der Waals surface area contributed by atoms with Crippen LogP contribution >= 0.6 is 11.3 Å². The minimum Gasteiger partial charge on any atom is -0.497 e. The third-order valence-corrected chi connectivity index (χ3v) is 11.7. The van der Waals surface area contributed by atoms with Crippen LogP contribution in [0.25, 0.3) is 10.2 Å². The average Bonchev–Trinajstić information content (AvgIpc) is 3.79. The number of carbonyl (C=O) groups excluding carboxylic acids is 1. The van der Waals surface area contributed by atoms with Gasteiger partial charge in [-0.1, -0.05) is 37.3 Å². The van der Waals surface area contributed by atoms with E-state index in [0.29, 0.717) is 21.1 Å². The number of rotatable bonds is 17. The molecule has 0 saturated carbocycles. The lowest BCUT2D eigenvalue weighted by Gasteiger charge is -2.31. The van der Waals surface area contributed by atoms with Gasteiger partial charge in [-0.15, -0.1) is 0 Å². The summed E-state index contributed by atoms with van der Waals surface area (Å²) < 4.78 is 90.8. The van der Waals surface area contributed by atoms with Gasteiger partial charge in [-0.05, 0) is 62.1 Å². The molecule has 3 aromatic rings. The number of thiazole rings is 1. The number of alkyl halides is 3. The zero-order valence-electron chi connectivity index (χ0n) is 30.3. The van der Waals surface area contributed by atoms with Crippen molar-refractivity contribution in [1.29, 1.82) is 0 Å². The molecule has 3 heterocycles. The van der Waals surface area contributed by atoms with Gasteiger partial charge in [0.05, 0.1) is 59.9 Å². The van der Waals surface area contributed by atoms with E-state index in [4.69, 9.17) is 18.9 Å². The van der Waals surface area contributed by atoms with Crippen molar-refractivity contribution < 1.29 is 50.4 Å². The second-order valence-electron chi connectivity index (χ2n) is 14.0. The highest BCUT2D eigenvalue weighted by Gasteiger charge is 2.50. The average molecular weight is 788 g/mol. The molecule has 18 heteroatoms. The van der Waals surface area contributed by atoms with E-state index in [1.54, 1.807) is 36.4 Å². The maximum Gasteiger partial charge on any atom is 0.407 e. The second kappa shape index (κ2) is 17.5. The van der Waals surface area contributed by atoms with Crippen molar-refractivity contribution in [3.63, 3.8) is 0 Å². The minimum absolute atomic E-state index is 0.0363. The van der Waals surface area contributed by atoms with E-state index in [-0.39, 0.29) is 56.1 Å². The maximum atomic E-state index is 14.2. The van der Waals surface area contributed by atoms with Crippen molar-refractivity contribution in [3.05, 3.63) is 48.0 Å². The highest BCUT2D eigenvalue weighted by molar-refractivity contribution is 7.89. The van der Waals surface area contributed by atoms with Crippen LogP contribution in [0.4, 0.5) is 23.1 Å². The smallest absolute Gasteiger partial charge is 0.407 e. The Hall–Kier alpha value is -3.26. The molecule has 294 valence electrons. The Bertz CT molecular complexity index is 1780. The van der Waals surface area contributed by atoms with Gasteiger partial charge in [-0.2, -0.15) is 17.5 Å². The molecule has 2 aromatic carbocycles. The van der Waals surface area contributed by atoms with Crippen LogP contribution in [-0.2, 0) is 30.7 Å². The maximum absolute atomic E-state index is 14.2. The normalized spacial score (nSPS) is 21.7. The van der Waals surface area contributed by atoms with Crippen molar-refractivity contribution in [2.24, 2.45) is 11.8 Å². The number of aliphatic hydroxyl groups excluding tert-OH is 1. The van der Waals surface area contributed by atoms with Crippen molar-refractivity contribution in [2.45, 2.75) is 88.2 Å². The second-order valence-corrected chi connectivity index (χ2v) is 17.0. The van der Waals surface area contributed by atoms with E-state index in [1.165, 1.54) is 28.8 Å². The monoisotopic (exact) mass is 787 g/mol. The van der Waals surface area contributed by atoms with Crippen molar-refractivity contribution in [1.82, 2.24) is 19.9 Å². The lowest BCUT2D eigenvalue weighted by Crippen LogP contribution is -2.52. The summed E-state index contributed by atoms with van der Waals surface area (Å²) >= 11 is 1.34. The molecule has 1 amide bonds. The van der Waals surface area contributed by atoms with Crippen LogP contribution in [0.3, 0.4) is 0 Å². The number of ether oxygens (including phenoxy) is 4. The largest absolute Gasteiger partial charge is 0.497 e. The van der Waals surface area contributed by atoms with Gasteiger partial charge in [-0.25, -0.2) is 18.2 Å². The molecule has 5 rings (SSSR count). The Morgan fingerprint density at radius 3 is 2.47 bits per heavy atom. The van der Waals surface area contributed by atoms with Gasteiger partial charge in [0.1, 0.15) is 11.9 Å². The van der Waals surface area contributed by atoms with Crippen molar-refractivity contribution in [3.8, 4) is 5.75 Å². The van der Waals surface area contributed by atoms with Gasteiger partial charge in [0.25, 0.3) is 0 Å². The van der Waals surface area contributed by atoms with E-state index in [1.807, 2.05) is 27.7 Å². The number of benzene rings is 2. The highest BCUT2D eigenvalue weighted by Crippen LogP contribution is 2.34. The molecule has 0 bridgehead atoms. The SMILES string of the molecule is COc1ccc(C[C@H](NC(=O)O[C@H]2CO[C@H]3OC[C@H](NCCC(F)(F)F)[C@H]32)[C@H](O)CN(CC(C)C)S(=O)(=O)c2ccc3nc(NC(C)C)sc3c2)cc1. The predicted octanol–water partition coefficient (Wildman–Crippen LogP) is 4.75. The molecule has 0 aliphatic carbocycles. The van der Waals surface area contributed by atoms with E-state index in [2.05, 4.69) is 20.9 Å². The summed E-state index contributed by atoms with van der Waals surface area (Å²) in [6, 6.07) is 10.3. The number of anilines is 1. The van der Waals surface area contributed by atoms with Crippen LogP contribution in [0.5, 0.6) is 5.75 Å². The number of aromatic nitrogens is 1. The van der Waals surface area contributed by atoms with Gasteiger partial charge in [0.2, 0.25) is 10.0 Å². The Balaban J connectivity index is 1.33. The number of amides is 1. The van der Waals surface area contributed by atoms with Gasteiger partial charge in [0, 0.05) is 31.7 Å². The summed E-state index contributed by atoms with van der Waals surface area (Å²) in [6.45, 7) is 7.15. The first-order valence-electron chi connectivity index (χ1n) is 17.5. The number of alkyl carbamates (subject to hydrolysis) is 1. The number of sulfonamides is 1. The summed E-state index contributed by atoms with van der Waals surface area (Å²) in [7, 11) is -2.60. The number of carbonyl (C=O) groups is 1. The first kappa shape index (κ1) is 40.9. The van der Waals surface area contributed by atoms with Gasteiger partial charge in [0.15, 0.2) is 11.4 Å². The molecule has 0 spiro atoms. The Morgan fingerprint density at radius 2 is 1.81 bits per heavy atom. The molecule has 13 nitrogen and oxygen atoms in total. The van der Waals surface area contributed by atoms with Crippen LogP contribution in [-0.4, -0.2) is 112 Å². The number of nitrogens with zero attached hydrogens (tertiary/aromatic N) is 2. The Kier molecular flexibility index (Phi) is 13.5. The molecule has 0 unspecified atom stereocenters. The molecule has 2 saturated heterocycles. The van der Waals surface area contributed by atoms with Crippen molar-refractivity contribution >= 4 is 42.8 Å². The summed E-state index contributed by atoms with van der Waals surface area (Å²) in [5.41, 5.74) is 1.37. The highest BCUT2D eigenvalue weighted by atomic mass is 32.2. The van der Waals surface area contributed by atoms with Crippen LogP contribution in [0.1, 0.15) is 39.7 Å². The zero-order valence-corrected chi connectivity index (χ0v) is 31.9. The van der Waals surface area contributed by atoms with E-state index in [0.717, 1.165) is 5.56 Å². The molecule has 2 aliphatic rings. The predicted molar refractivity (Wildman–Crippen MR) is 194 cm³/mol. The van der Waals surface area contributed by atoms with E-state index < -0.39 is 65.2 Å². The third-order valence-electron chi connectivity index (χ3n) is 8.90. The summed E-state index contributed by atoms with van der Waals surface area (Å²) in [5.74, 6) is -0.0605. The molecule has 6 atom stereocenters. The Labute approximate surface area is 311 Å². The van der Waals surface area contributed by atoms with Gasteiger partial charge in [-0.3, -0.25) is 0 Å². The number of nitrogens with one attached hydrogen (secondary N) is 3. The summed E-state index contributed by atoms with van der Waals surface area (Å²) in [4.78, 5) is 18.0. The lowest BCUT2D eigenvalue weighted by molar-refractivity contribution is -0.133. The zero-order chi connectivity index (χ0) is 38.5. The molecule has 0 radical (unpaired) electrons. The first-order chi connectivity index (χ1) is 25.0. The molecule has 2 fully saturated rings. The lowest BCUT2D eigenvalue weighted by atomic mass is 9.97. The number of hydrogen-bond acceptors (Lipinski definition) is 12. The summed E-state index contributed by atoms with van der Waals surface area (Å²) in [6.07, 6.45) is -9.16. The standard InChI is InChI=1S/C35H48F3N5O8S2/c1-20(2)16-43(53(46,47)24-10-11-25-30(15-24)52-33(41-25)40-21(3)4)17-28(44)26(14-22-6-8-23(48-5)9-7-22)42-34(45)51-29-19-50-32-31(29)27(18-49-32)39-13-12-35(36,37)38/h6-11,15,20-21,26-29,31-32,39,44H,12-14,16-19H2,1-5H3,(H,40,41)(H,42,45)/t26-,27-,28+,29-,31-,32+/m0/s1. The Morgan fingerprint density at radius 1 is 1.09 bits per heavy atom. The third kappa shape index (κ3) is 10.9. The molecular formula is C35H48F3N5O8S2. The summed E-state index contributed by atoms with van der Waals surface area (Å²) in [5, 5.41) is 21.2. The fraction of sp³-hybridized carbons (Fsp3) is 0.600. The number of hydrogen-bond donors (Lipinski definition) is 4. The molecule has 2 aliphatic heterocycles. The van der Waals surface area contributed by atoms with Gasteiger partial charge < -0.3 is 40.0 Å². The first-order valence-corrected chi connectivity index (χ1v) is 19.8. The molecule has 4 N–H and O–H groups in total. The van der Waals surface area contributed by atoms with Crippen LogP contribution < -0.4 is 20.7 Å². The van der Waals surface area contributed by atoms with Crippen LogP contribution in [0, 0.1) is 11.8 Å². The van der Waals surface area contributed by atoms with Crippen molar-refractivity contribution in [2.75, 3.05) is 45.3 Å². The molecule has 53 heavy (non-hydrogen) atoms. The molecular weight excluding hydrogens is 740 g/mol. The van der Waals surface area contributed by atoms with E-state index in [9.17, 15) is 31.5 Å². The van der Waals surface area contributed by atoms with E-state index >= 15 is 0 Å². The van der Waals surface area contributed by atoms with Crippen LogP contribution in [0.15, 0.2) is 47.4 Å². The van der Waals surface area contributed by atoms with Crippen LogP contribution in [0.2, 0.25) is 0 Å². The number of fused-ring (bicyclic) bond motifs is 2. The molecule has 1 aromatic heterocycles. The minimum atomic E-state index is -4.33. The fourth-order valence-electron chi connectivity index (χ4n) is 6.37. The fourth-order valence-corrected chi connectivity index (χ4v) is 9.14. The quantitative estimate of drug-likeness (QED) is 0.150. The van der Waals surface area contributed by atoms with Gasteiger partial charge >= 0.3 is 12.3 Å². The number of aliphatic hydroxyl groups is 1. The number of halogens is 3.